The monoisotopic (exact) mass is 249 g/mol. The maximum Gasteiger partial charge on any atom is 0.123 e. The Balaban J connectivity index is 1.64. The van der Waals surface area contributed by atoms with Crippen molar-refractivity contribution < 1.29 is 9.13 Å². The second-order valence-electron chi connectivity index (χ2n) is 5.51. The molecule has 0 spiro atoms. The molecule has 0 aromatic heterocycles. The van der Waals surface area contributed by atoms with E-state index in [-0.39, 0.29) is 11.9 Å². The molecule has 2 aliphatic rings. The van der Waals surface area contributed by atoms with E-state index < -0.39 is 0 Å². The van der Waals surface area contributed by atoms with Crippen LogP contribution >= 0.6 is 0 Å². The molecule has 3 atom stereocenters. The summed E-state index contributed by atoms with van der Waals surface area (Å²) in [6.45, 7) is 2.95. The summed E-state index contributed by atoms with van der Waals surface area (Å²) >= 11 is 0. The Morgan fingerprint density at radius 1 is 1.33 bits per heavy atom. The Hall–Kier alpha value is -0.930. The first-order chi connectivity index (χ1) is 8.74. The number of benzene rings is 1. The molecule has 1 heterocycles. The third kappa shape index (κ3) is 2.57. The number of rotatable bonds is 4. The Bertz CT molecular complexity index is 419. The predicted octanol–water partition coefficient (Wildman–Crippen LogP) is 3.04. The van der Waals surface area contributed by atoms with Gasteiger partial charge in [-0.1, -0.05) is 12.1 Å². The predicted molar refractivity (Wildman–Crippen MR) is 68.8 cm³/mol. The second kappa shape index (κ2) is 4.98. The van der Waals surface area contributed by atoms with Gasteiger partial charge < -0.3 is 10.1 Å². The molecule has 1 saturated carbocycles. The number of ether oxygens (including phenoxy) is 1. The van der Waals surface area contributed by atoms with Gasteiger partial charge in [-0.25, -0.2) is 4.39 Å². The van der Waals surface area contributed by atoms with Crippen molar-refractivity contribution >= 4 is 0 Å². The molecule has 18 heavy (non-hydrogen) atoms. The Labute approximate surface area is 108 Å². The first-order valence-corrected chi connectivity index (χ1v) is 6.87. The van der Waals surface area contributed by atoms with Crippen molar-refractivity contribution in [3.05, 3.63) is 35.6 Å². The lowest BCUT2D eigenvalue weighted by atomic mass is 10.0. The van der Waals surface area contributed by atoms with E-state index in [9.17, 15) is 4.39 Å². The Morgan fingerprint density at radius 2 is 2.17 bits per heavy atom. The van der Waals surface area contributed by atoms with E-state index in [0.717, 1.165) is 24.5 Å². The first kappa shape index (κ1) is 12.1. The van der Waals surface area contributed by atoms with Crippen LogP contribution in [0.3, 0.4) is 0 Å². The van der Waals surface area contributed by atoms with Crippen LogP contribution in [0, 0.1) is 11.7 Å². The second-order valence-corrected chi connectivity index (χ2v) is 5.51. The van der Waals surface area contributed by atoms with E-state index in [4.69, 9.17) is 4.74 Å². The molecule has 0 bridgehead atoms. The molecule has 1 aliphatic carbocycles. The lowest BCUT2D eigenvalue weighted by Crippen LogP contribution is -2.39. The van der Waals surface area contributed by atoms with Gasteiger partial charge in [0.2, 0.25) is 0 Å². The molecule has 0 radical (unpaired) electrons. The number of hydrogen-bond donors (Lipinski definition) is 1. The van der Waals surface area contributed by atoms with Crippen LogP contribution in [0.5, 0.6) is 0 Å². The van der Waals surface area contributed by atoms with Crippen molar-refractivity contribution in [3.8, 4) is 0 Å². The van der Waals surface area contributed by atoms with Crippen LogP contribution in [0.4, 0.5) is 4.39 Å². The lowest BCUT2D eigenvalue weighted by Gasteiger charge is -2.24. The van der Waals surface area contributed by atoms with Crippen molar-refractivity contribution in [2.75, 3.05) is 6.61 Å². The first-order valence-electron chi connectivity index (χ1n) is 6.87. The molecule has 98 valence electrons. The maximum absolute atomic E-state index is 13.2. The minimum atomic E-state index is -0.164. The van der Waals surface area contributed by atoms with Crippen molar-refractivity contribution in [1.29, 1.82) is 0 Å². The van der Waals surface area contributed by atoms with Crippen LogP contribution in [0.2, 0.25) is 0 Å². The van der Waals surface area contributed by atoms with E-state index in [2.05, 4.69) is 12.2 Å². The molecule has 1 aromatic rings. The number of nitrogens with one attached hydrogen (secondary N) is 1. The molecule has 1 aliphatic heterocycles. The molecule has 1 N–H and O–H groups in total. The summed E-state index contributed by atoms with van der Waals surface area (Å²) in [5, 5.41) is 3.60. The van der Waals surface area contributed by atoms with Crippen LogP contribution in [-0.2, 0) is 4.74 Å². The van der Waals surface area contributed by atoms with Gasteiger partial charge in [0.15, 0.2) is 0 Å². The molecule has 1 aromatic carbocycles. The lowest BCUT2D eigenvalue weighted by molar-refractivity contribution is 0.0793. The highest BCUT2D eigenvalue weighted by molar-refractivity contribution is 5.19. The van der Waals surface area contributed by atoms with Gasteiger partial charge in [-0.05, 0) is 49.8 Å². The fourth-order valence-corrected chi connectivity index (χ4v) is 2.87. The van der Waals surface area contributed by atoms with Crippen LogP contribution in [0.1, 0.15) is 37.8 Å². The summed E-state index contributed by atoms with van der Waals surface area (Å²) in [5.74, 6) is 0.590. The van der Waals surface area contributed by atoms with Gasteiger partial charge in [-0.15, -0.1) is 0 Å². The van der Waals surface area contributed by atoms with Gasteiger partial charge in [-0.3, -0.25) is 0 Å². The van der Waals surface area contributed by atoms with E-state index in [0.29, 0.717) is 12.1 Å². The molecule has 3 heteroatoms. The highest BCUT2D eigenvalue weighted by Crippen LogP contribution is 2.39. The number of halogens is 1. The van der Waals surface area contributed by atoms with E-state index in [1.807, 2.05) is 6.07 Å². The van der Waals surface area contributed by atoms with Crippen LogP contribution in [0.25, 0.3) is 0 Å². The van der Waals surface area contributed by atoms with E-state index in [1.54, 1.807) is 12.1 Å². The van der Waals surface area contributed by atoms with Gasteiger partial charge in [0.05, 0.1) is 6.10 Å². The van der Waals surface area contributed by atoms with Crippen LogP contribution < -0.4 is 5.32 Å². The van der Waals surface area contributed by atoms with Crippen molar-refractivity contribution in [2.24, 2.45) is 5.92 Å². The summed E-state index contributed by atoms with van der Waals surface area (Å²) in [6.07, 6.45) is 4.05. The average molecular weight is 249 g/mol. The third-order valence-electron chi connectivity index (χ3n) is 4.04. The fourth-order valence-electron chi connectivity index (χ4n) is 2.87. The highest BCUT2D eigenvalue weighted by Gasteiger charge is 2.40. The molecule has 0 amide bonds. The maximum atomic E-state index is 13.2. The largest absolute Gasteiger partial charge is 0.376 e. The minimum Gasteiger partial charge on any atom is -0.376 e. The van der Waals surface area contributed by atoms with Crippen molar-refractivity contribution in [1.82, 2.24) is 5.32 Å². The smallest absolute Gasteiger partial charge is 0.123 e. The van der Waals surface area contributed by atoms with Gasteiger partial charge in [0.25, 0.3) is 0 Å². The molecular weight excluding hydrogens is 229 g/mol. The third-order valence-corrected chi connectivity index (χ3v) is 4.04. The molecule has 3 unspecified atom stereocenters. The molecule has 1 saturated heterocycles. The highest BCUT2D eigenvalue weighted by atomic mass is 19.1. The summed E-state index contributed by atoms with van der Waals surface area (Å²) in [4.78, 5) is 0. The summed E-state index contributed by atoms with van der Waals surface area (Å²) in [6, 6.07) is 7.45. The van der Waals surface area contributed by atoms with Crippen LogP contribution in [0.15, 0.2) is 24.3 Å². The number of hydrogen-bond acceptors (Lipinski definition) is 2. The SMILES string of the molecule is CC(NC1CCOC1C1CC1)c1cccc(F)c1. The minimum absolute atomic E-state index is 0.164. The van der Waals surface area contributed by atoms with Crippen LogP contribution in [-0.4, -0.2) is 18.8 Å². The van der Waals surface area contributed by atoms with Gasteiger partial charge >= 0.3 is 0 Å². The van der Waals surface area contributed by atoms with E-state index >= 15 is 0 Å². The molecule has 2 fully saturated rings. The van der Waals surface area contributed by atoms with Gasteiger partial charge in [0, 0.05) is 18.7 Å². The summed E-state index contributed by atoms with van der Waals surface area (Å²) in [7, 11) is 0. The van der Waals surface area contributed by atoms with Crippen molar-refractivity contribution in [2.45, 2.75) is 44.4 Å². The zero-order chi connectivity index (χ0) is 12.5. The Kier molecular flexibility index (Phi) is 3.35. The van der Waals surface area contributed by atoms with Gasteiger partial charge in [0.1, 0.15) is 5.82 Å². The van der Waals surface area contributed by atoms with E-state index in [1.165, 1.54) is 18.9 Å². The zero-order valence-corrected chi connectivity index (χ0v) is 10.7. The van der Waals surface area contributed by atoms with Crippen molar-refractivity contribution in [3.63, 3.8) is 0 Å². The molecule has 2 nitrogen and oxygen atoms in total. The molecular formula is C15H20FNO. The van der Waals surface area contributed by atoms with Gasteiger partial charge in [-0.2, -0.15) is 0 Å². The topological polar surface area (TPSA) is 21.3 Å². The molecule has 3 rings (SSSR count). The zero-order valence-electron chi connectivity index (χ0n) is 10.7. The fraction of sp³-hybridized carbons (Fsp3) is 0.600. The summed E-state index contributed by atoms with van der Waals surface area (Å²) < 4.78 is 19.0. The normalized spacial score (nSPS) is 29.4. The standard InChI is InChI=1S/C15H20FNO/c1-10(12-3-2-4-13(16)9-12)17-14-7-8-18-15(14)11-5-6-11/h2-4,9-11,14-15,17H,5-8H2,1H3. The Morgan fingerprint density at radius 3 is 2.89 bits per heavy atom. The quantitative estimate of drug-likeness (QED) is 0.885. The summed E-state index contributed by atoms with van der Waals surface area (Å²) in [5.41, 5.74) is 1.01. The average Bonchev–Trinajstić information content (AvgIpc) is 3.10.